The Kier molecular flexibility index (Phi) is 5.22. The fourth-order valence-electron chi connectivity index (χ4n) is 2.64. The molecule has 1 saturated carbocycles. The molecule has 22 heavy (non-hydrogen) atoms. The van der Waals surface area contributed by atoms with Gasteiger partial charge in [0.1, 0.15) is 5.41 Å². The summed E-state index contributed by atoms with van der Waals surface area (Å²) in [5, 5.41) is 5.86. The standard InChI is InChI=1S/C18H26N2O2/c1-13-9-11-15(12-10-13)20-17(22)18(2,3)16(21)19-14-7-5-4-6-8-14/h9-12,14H,4-8H2,1-3H3,(H,19,21)(H,20,22). The molecule has 2 rings (SSSR count). The van der Waals surface area contributed by atoms with Gasteiger partial charge in [-0.2, -0.15) is 0 Å². The largest absolute Gasteiger partial charge is 0.352 e. The van der Waals surface area contributed by atoms with Crippen LogP contribution in [-0.2, 0) is 9.59 Å². The van der Waals surface area contributed by atoms with E-state index >= 15 is 0 Å². The van der Waals surface area contributed by atoms with Crippen molar-refractivity contribution in [2.24, 2.45) is 5.41 Å². The number of rotatable bonds is 4. The molecule has 0 bridgehead atoms. The van der Waals surface area contributed by atoms with Crippen LogP contribution in [0.25, 0.3) is 0 Å². The first-order valence-electron chi connectivity index (χ1n) is 8.08. The van der Waals surface area contributed by atoms with Crippen LogP contribution < -0.4 is 10.6 Å². The Morgan fingerprint density at radius 2 is 1.59 bits per heavy atom. The highest BCUT2D eigenvalue weighted by Crippen LogP contribution is 2.22. The fraction of sp³-hybridized carbons (Fsp3) is 0.556. The number of hydrogen-bond acceptors (Lipinski definition) is 2. The van der Waals surface area contributed by atoms with E-state index in [1.165, 1.54) is 6.42 Å². The van der Waals surface area contributed by atoms with Crippen molar-refractivity contribution in [3.05, 3.63) is 29.8 Å². The zero-order valence-electron chi connectivity index (χ0n) is 13.7. The van der Waals surface area contributed by atoms with Gasteiger partial charge in [0.15, 0.2) is 0 Å². The highest BCUT2D eigenvalue weighted by atomic mass is 16.2. The zero-order valence-corrected chi connectivity index (χ0v) is 13.7. The van der Waals surface area contributed by atoms with Gasteiger partial charge in [0.05, 0.1) is 0 Å². The van der Waals surface area contributed by atoms with E-state index in [1.807, 2.05) is 31.2 Å². The number of aryl methyl sites for hydroxylation is 1. The van der Waals surface area contributed by atoms with E-state index in [9.17, 15) is 9.59 Å². The summed E-state index contributed by atoms with van der Waals surface area (Å²) in [6.45, 7) is 5.34. The lowest BCUT2D eigenvalue weighted by Gasteiger charge is -2.28. The Morgan fingerprint density at radius 1 is 1.00 bits per heavy atom. The van der Waals surface area contributed by atoms with Gasteiger partial charge in [0.25, 0.3) is 0 Å². The Morgan fingerprint density at radius 3 is 2.18 bits per heavy atom. The smallest absolute Gasteiger partial charge is 0.239 e. The molecule has 4 nitrogen and oxygen atoms in total. The lowest BCUT2D eigenvalue weighted by molar-refractivity contribution is -0.139. The molecule has 2 N–H and O–H groups in total. The quantitative estimate of drug-likeness (QED) is 0.837. The molecule has 0 aliphatic heterocycles. The number of nitrogens with one attached hydrogen (secondary N) is 2. The van der Waals surface area contributed by atoms with Crippen molar-refractivity contribution >= 4 is 17.5 Å². The van der Waals surface area contributed by atoms with E-state index in [0.717, 1.165) is 31.2 Å². The molecule has 0 spiro atoms. The first-order chi connectivity index (χ1) is 10.4. The Bertz CT molecular complexity index is 529. The first-order valence-corrected chi connectivity index (χ1v) is 8.08. The van der Waals surface area contributed by atoms with Crippen LogP contribution in [0.3, 0.4) is 0 Å². The molecule has 0 unspecified atom stereocenters. The molecule has 120 valence electrons. The summed E-state index contributed by atoms with van der Waals surface area (Å²) >= 11 is 0. The van der Waals surface area contributed by atoms with E-state index in [0.29, 0.717) is 5.69 Å². The van der Waals surface area contributed by atoms with E-state index in [-0.39, 0.29) is 17.9 Å². The Labute approximate surface area is 132 Å². The molecule has 1 aromatic carbocycles. The number of anilines is 1. The number of carbonyl (C=O) groups excluding carboxylic acids is 2. The van der Waals surface area contributed by atoms with Crippen LogP contribution in [0.4, 0.5) is 5.69 Å². The van der Waals surface area contributed by atoms with Crippen LogP contribution in [0, 0.1) is 12.3 Å². The highest BCUT2D eigenvalue weighted by molar-refractivity contribution is 6.09. The zero-order chi connectivity index (χ0) is 16.2. The molecule has 0 aromatic heterocycles. The molecular weight excluding hydrogens is 276 g/mol. The first kappa shape index (κ1) is 16.5. The third-order valence-electron chi connectivity index (χ3n) is 4.39. The molecule has 0 heterocycles. The van der Waals surface area contributed by atoms with Crippen molar-refractivity contribution < 1.29 is 9.59 Å². The predicted molar refractivity (Wildman–Crippen MR) is 88.6 cm³/mol. The molecule has 0 radical (unpaired) electrons. The van der Waals surface area contributed by atoms with Crippen molar-refractivity contribution in [3.8, 4) is 0 Å². The average Bonchev–Trinajstić information content (AvgIpc) is 2.50. The van der Waals surface area contributed by atoms with Crippen LogP contribution >= 0.6 is 0 Å². The monoisotopic (exact) mass is 302 g/mol. The van der Waals surface area contributed by atoms with Gasteiger partial charge in [-0.05, 0) is 45.7 Å². The molecule has 0 saturated heterocycles. The minimum atomic E-state index is -1.08. The number of amides is 2. The molecule has 1 aliphatic rings. The Balaban J connectivity index is 1.96. The summed E-state index contributed by atoms with van der Waals surface area (Å²) in [6.07, 6.45) is 5.58. The van der Waals surface area contributed by atoms with Crippen molar-refractivity contribution in [3.63, 3.8) is 0 Å². The van der Waals surface area contributed by atoms with Crippen LogP contribution in [0.5, 0.6) is 0 Å². The average molecular weight is 302 g/mol. The van der Waals surface area contributed by atoms with E-state index in [4.69, 9.17) is 0 Å². The van der Waals surface area contributed by atoms with Crippen molar-refractivity contribution in [2.45, 2.75) is 58.9 Å². The minimum Gasteiger partial charge on any atom is -0.352 e. The lowest BCUT2D eigenvalue weighted by Crippen LogP contribution is -2.49. The second kappa shape index (κ2) is 6.95. The SMILES string of the molecule is Cc1ccc(NC(=O)C(C)(C)C(=O)NC2CCCCC2)cc1. The summed E-state index contributed by atoms with van der Waals surface area (Å²) in [7, 11) is 0. The van der Waals surface area contributed by atoms with Crippen LogP contribution in [0.15, 0.2) is 24.3 Å². The van der Waals surface area contributed by atoms with Gasteiger partial charge >= 0.3 is 0 Å². The third kappa shape index (κ3) is 4.09. The maximum Gasteiger partial charge on any atom is 0.239 e. The maximum atomic E-state index is 12.4. The minimum absolute atomic E-state index is 0.191. The summed E-state index contributed by atoms with van der Waals surface area (Å²) in [6, 6.07) is 7.79. The lowest BCUT2D eigenvalue weighted by atomic mass is 9.88. The van der Waals surface area contributed by atoms with Crippen LogP contribution in [0.1, 0.15) is 51.5 Å². The predicted octanol–water partition coefficient (Wildman–Crippen LogP) is 3.41. The summed E-state index contributed by atoms with van der Waals surface area (Å²) in [4.78, 5) is 24.9. The van der Waals surface area contributed by atoms with Gasteiger partial charge in [-0.3, -0.25) is 9.59 Å². The van der Waals surface area contributed by atoms with Gasteiger partial charge in [-0.15, -0.1) is 0 Å². The van der Waals surface area contributed by atoms with Gasteiger partial charge in [-0.1, -0.05) is 37.0 Å². The fourth-order valence-corrected chi connectivity index (χ4v) is 2.64. The maximum absolute atomic E-state index is 12.4. The van der Waals surface area contributed by atoms with Crippen molar-refractivity contribution in [2.75, 3.05) is 5.32 Å². The van der Waals surface area contributed by atoms with E-state index < -0.39 is 5.41 Å². The third-order valence-corrected chi connectivity index (χ3v) is 4.39. The summed E-state index contributed by atoms with van der Waals surface area (Å²) < 4.78 is 0. The number of carbonyl (C=O) groups is 2. The molecule has 1 aliphatic carbocycles. The second-order valence-corrected chi connectivity index (χ2v) is 6.75. The molecule has 4 heteroatoms. The topological polar surface area (TPSA) is 58.2 Å². The summed E-state index contributed by atoms with van der Waals surface area (Å²) in [5.74, 6) is -0.464. The number of hydrogen-bond donors (Lipinski definition) is 2. The normalized spacial score (nSPS) is 16.1. The van der Waals surface area contributed by atoms with Gasteiger partial charge in [0, 0.05) is 11.7 Å². The van der Waals surface area contributed by atoms with E-state index in [2.05, 4.69) is 10.6 Å². The molecule has 1 aromatic rings. The van der Waals surface area contributed by atoms with Gasteiger partial charge < -0.3 is 10.6 Å². The van der Waals surface area contributed by atoms with Crippen LogP contribution in [-0.4, -0.2) is 17.9 Å². The van der Waals surface area contributed by atoms with Gasteiger partial charge in [-0.25, -0.2) is 0 Å². The second-order valence-electron chi connectivity index (χ2n) is 6.75. The van der Waals surface area contributed by atoms with Crippen molar-refractivity contribution in [1.29, 1.82) is 0 Å². The van der Waals surface area contributed by atoms with Gasteiger partial charge in [0.2, 0.25) is 11.8 Å². The van der Waals surface area contributed by atoms with Crippen LogP contribution in [0.2, 0.25) is 0 Å². The molecule has 0 atom stereocenters. The molecular formula is C18H26N2O2. The molecule has 1 fully saturated rings. The highest BCUT2D eigenvalue weighted by Gasteiger charge is 2.37. The number of benzene rings is 1. The Hall–Kier alpha value is -1.84. The van der Waals surface area contributed by atoms with Crippen molar-refractivity contribution in [1.82, 2.24) is 5.32 Å². The summed E-state index contributed by atoms with van der Waals surface area (Å²) in [5.41, 5.74) is 0.768. The van der Waals surface area contributed by atoms with E-state index in [1.54, 1.807) is 13.8 Å². The molecule has 2 amide bonds.